The largest absolute Gasteiger partial charge is 0.354 e. The highest BCUT2D eigenvalue weighted by molar-refractivity contribution is 14.0. The Morgan fingerprint density at radius 2 is 1.92 bits per heavy atom. The van der Waals surface area contributed by atoms with E-state index >= 15 is 0 Å². The number of guanidine groups is 1. The van der Waals surface area contributed by atoms with E-state index in [2.05, 4.69) is 15.2 Å². The van der Waals surface area contributed by atoms with E-state index in [1.807, 2.05) is 7.05 Å². The van der Waals surface area contributed by atoms with Crippen LogP contribution in [0.15, 0.2) is 4.99 Å². The predicted molar refractivity (Wildman–Crippen MR) is 65.7 cm³/mol. The van der Waals surface area contributed by atoms with Crippen LogP contribution in [0.5, 0.6) is 0 Å². The lowest BCUT2D eigenvalue weighted by molar-refractivity contribution is 0.493. The molecule has 0 aromatic rings. The number of hydrogen-bond acceptors (Lipinski definition) is 1. The van der Waals surface area contributed by atoms with Gasteiger partial charge in [-0.2, -0.15) is 0 Å². The van der Waals surface area contributed by atoms with Gasteiger partial charge in [-0.3, -0.25) is 4.99 Å². The average Bonchev–Trinajstić information content (AvgIpc) is 2.74. The van der Waals surface area contributed by atoms with Crippen molar-refractivity contribution in [3.05, 3.63) is 0 Å². The van der Waals surface area contributed by atoms with Gasteiger partial charge < -0.3 is 10.2 Å². The molecule has 1 saturated heterocycles. The Hall–Kier alpha value is 0. The van der Waals surface area contributed by atoms with E-state index in [1.165, 1.54) is 38.8 Å². The molecule has 0 aromatic carbocycles. The summed E-state index contributed by atoms with van der Waals surface area (Å²) in [5, 5.41) is 3.46. The summed E-state index contributed by atoms with van der Waals surface area (Å²) in [7, 11) is 1.88. The zero-order valence-corrected chi connectivity index (χ0v) is 10.5. The lowest BCUT2D eigenvalue weighted by Crippen LogP contribution is -2.40. The van der Waals surface area contributed by atoms with Crippen molar-refractivity contribution in [3.63, 3.8) is 0 Å². The van der Waals surface area contributed by atoms with Gasteiger partial charge in [0.05, 0.1) is 0 Å². The maximum absolute atomic E-state index is 4.28. The summed E-state index contributed by atoms with van der Waals surface area (Å²) in [6.07, 6.45) is 5.30. The second-order valence-corrected chi connectivity index (χ2v) is 3.66. The molecule has 76 valence electrons. The first-order valence-electron chi connectivity index (χ1n) is 4.88. The summed E-state index contributed by atoms with van der Waals surface area (Å²) in [6, 6.07) is 0.726. The highest BCUT2D eigenvalue weighted by Gasteiger charge is 2.25. The van der Waals surface area contributed by atoms with E-state index in [1.54, 1.807) is 0 Å². The molecular formula is C9H18IN3. The van der Waals surface area contributed by atoms with Gasteiger partial charge in [-0.1, -0.05) is 0 Å². The summed E-state index contributed by atoms with van der Waals surface area (Å²) in [5.41, 5.74) is 0. The fourth-order valence-electron chi connectivity index (χ4n) is 1.64. The fourth-order valence-corrected chi connectivity index (χ4v) is 1.64. The minimum Gasteiger partial charge on any atom is -0.354 e. The normalized spacial score (nSPS) is 22.8. The van der Waals surface area contributed by atoms with Gasteiger partial charge in [-0.25, -0.2) is 0 Å². The lowest BCUT2D eigenvalue weighted by atomic mass is 10.4. The average molecular weight is 295 g/mol. The Kier molecular flexibility index (Phi) is 4.28. The first kappa shape index (κ1) is 11.1. The highest BCUT2D eigenvalue weighted by Crippen LogP contribution is 2.19. The van der Waals surface area contributed by atoms with Gasteiger partial charge in [0.2, 0.25) is 0 Å². The Balaban J connectivity index is 0.000000845. The van der Waals surface area contributed by atoms with Gasteiger partial charge in [0.1, 0.15) is 0 Å². The van der Waals surface area contributed by atoms with E-state index in [9.17, 15) is 0 Å². The molecule has 2 aliphatic rings. The summed E-state index contributed by atoms with van der Waals surface area (Å²) in [6.45, 7) is 2.37. The van der Waals surface area contributed by atoms with Crippen LogP contribution in [-0.4, -0.2) is 37.0 Å². The van der Waals surface area contributed by atoms with E-state index in [4.69, 9.17) is 0 Å². The maximum Gasteiger partial charge on any atom is 0.193 e. The zero-order chi connectivity index (χ0) is 8.39. The van der Waals surface area contributed by atoms with Crippen molar-refractivity contribution in [2.75, 3.05) is 20.1 Å². The maximum atomic E-state index is 4.28. The lowest BCUT2D eigenvalue weighted by Gasteiger charge is -2.20. The van der Waals surface area contributed by atoms with Crippen molar-refractivity contribution in [1.29, 1.82) is 0 Å². The molecule has 1 aliphatic heterocycles. The van der Waals surface area contributed by atoms with E-state index in [0.29, 0.717) is 0 Å². The summed E-state index contributed by atoms with van der Waals surface area (Å²) < 4.78 is 0. The molecule has 0 radical (unpaired) electrons. The smallest absolute Gasteiger partial charge is 0.193 e. The molecule has 0 bridgehead atoms. The molecule has 0 amide bonds. The van der Waals surface area contributed by atoms with Crippen molar-refractivity contribution >= 4 is 29.9 Å². The first-order chi connectivity index (χ1) is 5.90. The third-order valence-electron chi connectivity index (χ3n) is 2.53. The monoisotopic (exact) mass is 295 g/mol. The molecule has 1 N–H and O–H groups in total. The summed E-state index contributed by atoms with van der Waals surface area (Å²) in [5.74, 6) is 1.12. The Bertz CT molecular complexity index is 183. The molecule has 4 heteroatoms. The molecule has 0 unspecified atom stereocenters. The zero-order valence-electron chi connectivity index (χ0n) is 8.12. The number of likely N-dealkylation sites (tertiary alicyclic amines) is 1. The third-order valence-corrected chi connectivity index (χ3v) is 2.53. The van der Waals surface area contributed by atoms with Crippen LogP contribution in [0.4, 0.5) is 0 Å². The van der Waals surface area contributed by atoms with E-state index in [0.717, 1.165) is 12.0 Å². The van der Waals surface area contributed by atoms with Crippen LogP contribution < -0.4 is 5.32 Å². The second kappa shape index (κ2) is 5.02. The standard InChI is InChI=1S/C9H17N3.HI/c1-10-9(11-8-4-5-8)12-6-2-3-7-12;/h8H,2-7H2,1H3,(H,10,11);1H. The van der Waals surface area contributed by atoms with E-state index < -0.39 is 0 Å². The van der Waals surface area contributed by atoms with Gasteiger partial charge in [-0.15, -0.1) is 24.0 Å². The Morgan fingerprint density at radius 1 is 1.31 bits per heavy atom. The summed E-state index contributed by atoms with van der Waals surface area (Å²) in [4.78, 5) is 6.64. The van der Waals surface area contributed by atoms with Crippen LogP contribution in [-0.2, 0) is 0 Å². The number of aliphatic imine (C=N–C) groups is 1. The van der Waals surface area contributed by atoms with Crippen LogP contribution in [0, 0.1) is 0 Å². The second-order valence-electron chi connectivity index (χ2n) is 3.66. The van der Waals surface area contributed by atoms with Gasteiger partial charge >= 0.3 is 0 Å². The SMILES string of the molecule is CN=C(NC1CC1)N1CCCC1.I. The van der Waals surface area contributed by atoms with Gasteiger partial charge in [0.25, 0.3) is 0 Å². The van der Waals surface area contributed by atoms with Gasteiger partial charge in [-0.05, 0) is 25.7 Å². The summed E-state index contributed by atoms with van der Waals surface area (Å²) >= 11 is 0. The van der Waals surface area contributed by atoms with E-state index in [-0.39, 0.29) is 24.0 Å². The molecule has 2 fully saturated rings. The van der Waals surface area contributed by atoms with Crippen LogP contribution in [0.3, 0.4) is 0 Å². The van der Waals surface area contributed by atoms with Crippen molar-refractivity contribution in [1.82, 2.24) is 10.2 Å². The number of halogens is 1. The molecule has 0 spiro atoms. The number of nitrogens with one attached hydrogen (secondary N) is 1. The van der Waals surface area contributed by atoms with Crippen LogP contribution in [0.2, 0.25) is 0 Å². The minimum atomic E-state index is 0. The van der Waals surface area contributed by atoms with Crippen LogP contribution >= 0.6 is 24.0 Å². The Morgan fingerprint density at radius 3 is 2.38 bits per heavy atom. The van der Waals surface area contributed by atoms with Crippen LogP contribution in [0.25, 0.3) is 0 Å². The molecule has 2 rings (SSSR count). The number of nitrogens with zero attached hydrogens (tertiary/aromatic N) is 2. The molecule has 1 heterocycles. The molecular weight excluding hydrogens is 277 g/mol. The predicted octanol–water partition coefficient (Wildman–Crippen LogP) is 1.44. The first-order valence-corrected chi connectivity index (χ1v) is 4.88. The number of rotatable bonds is 1. The molecule has 1 aliphatic carbocycles. The molecule has 0 atom stereocenters. The number of hydrogen-bond donors (Lipinski definition) is 1. The van der Waals surface area contributed by atoms with Crippen molar-refractivity contribution in [2.45, 2.75) is 31.7 Å². The molecule has 0 aromatic heterocycles. The van der Waals surface area contributed by atoms with Crippen molar-refractivity contribution in [3.8, 4) is 0 Å². The van der Waals surface area contributed by atoms with Crippen molar-refractivity contribution in [2.24, 2.45) is 4.99 Å². The topological polar surface area (TPSA) is 27.6 Å². The van der Waals surface area contributed by atoms with Gasteiger partial charge in [0, 0.05) is 26.2 Å². The molecule has 1 saturated carbocycles. The Labute approximate surface area is 97.0 Å². The molecule has 13 heavy (non-hydrogen) atoms. The van der Waals surface area contributed by atoms with Gasteiger partial charge in [0.15, 0.2) is 5.96 Å². The third kappa shape index (κ3) is 3.00. The van der Waals surface area contributed by atoms with Crippen LogP contribution in [0.1, 0.15) is 25.7 Å². The minimum absolute atomic E-state index is 0. The quantitative estimate of drug-likeness (QED) is 0.450. The highest BCUT2D eigenvalue weighted by atomic mass is 127. The van der Waals surface area contributed by atoms with Crippen molar-refractivity contribution < 1.29 is 0 Å². The molecule has 3 nitrogen and oxygen atoms in total. The fraction of sp³-hybridized carbons (Fsp3) is 0.889.